The van der Waals surface area contributed by atoms with Gasteiger partial charge in [0.05, 0.1) is 11.5 Å². The molecule has 2 aromatic carbocycles. The van der Waals surface area contributed by atoms with Gasteiger partial charge in [-0.05, 0) is 23.3 Å². The number of ether oxygens (including phenoxy) is 1. The van der Waals surface area contributed by atoms with Crippen LogP contribution in [-0.2, 0) is 9.53 Å². The van der Waals surface area contributed by atoms with Gasteiger partial charge in [-0.25, -0.2) is 0 Å². The Morgan fingerprint density at radius 2 is 1.71 bits per heavy atom. The average molecular weight is 341 g/mol. The minimum Gasteiger partial charge on any atom is -0.376 e. The maximum atomic E-state index is 13.0. The topological polar surface area (TPSA) is 38.3 Å². The molecular weight excluding hydrogens is 318 g/mol. The molecule has 3 rings (SSSR count). The normalized spacial score (nSPS) is 20.2. The highest BCUT2D eigenvalue weighted by molar-refractivity contribution is 7.99. The Balaban J connectivity index is 1.79. The number of hydrogen-bond acceptors (Lipinski definition) is 3. The Morgan fingerprint density at radius 3 is 2.17 bits per heavy atom. The summed E-state index contributed by atoms with van der Waals surface area (Å²) in [5.41, 5.74) is 1.79. The molecule has 0 spiro atoms. The summed E-state index contributed by atoms with van der Waals surface area (Å²) in [6.07, 6.45) is 0.982. The zero-order valence-corrected chi connectivity index (χ0v) is 14.7. The van der Waals surface area contributed by atoms with Gasteiger partial charge in [0.2, 0.25) is 5.91 Å². The van der Waals surface area contributed by atoms with Crippen LogP contribution in [0.4, 0.5) is 0 Å². The maximum absolute atomic E-state index is 13.0. The molecule has 1 atom stereocenters. The van der Waals surface area contributed by atoms with Crippen LogP contribution in [0.1, 0.15) is 23.5 Å². The van der Waals surface area contributed by atoms with Crippen molar-refractivity contribution < 1.29 is 9.53 Å². The fourth-order valence-corrected chi connectivity index (χ4v) is 4.49. The summed E-state index contributed by atoms with van der Waals surface area (Å²) in [5, 5.41) is 3.14. The summed E-state index contributed by atoms with van der Waals surface area (Å²) in [6.45, 7) is 0.561. The molecule has 126 valence electrons. The van der Waals surface area contributed by atoms with E-state index in [-0.39, 0.29) is 17.4 Å². The summed E-state index contributed by atoms with van der Waals surface area (Å²) >= 11 is 1.88. The van der Waals surface area contributed by atoms with E-state index >= 15 is 0 Å². The number of benzene rings is 2. The molecule has 3 nitrogen and oxygen atoms in total. The Hall–Kier alpha value is -1.78. The van der Waals surface area contributed by atoms with E-state index in [9.17, 15) is 4.79 Å². The Labute approximate surface area is 147 Å². The van der Waals surface area contributed by atoms with Crippen molar-refractivity contribution in [3.8, 4) is 0 Å². The van der Waals surface area contributed by atoms with Gasteiger partial charge >= 0.3 is 0 Å². The van der Waals surface area contributed by atoms with Crippen LogP contribution in [0.3, 0.4) is 0 Å². The second-order valence-corrected chi connectivity index (χ2v) is 7.27. The zero-order chi connectivity index (χ0) is 16.8. The summed E-state index contributed by atoms with van der Waals surface area (Å²) in [6, 6.07) is 19.9. The lowest BCUT2D eigenvalue weighted by Crippen LogP contribution is -2.45. The van der Waals surface area contributed by atoms with Crippen LogP contribution in [0.25, 0.3) is 0 Å². The molecule has 1 heterocycles. The van der Waals surface area contributed by atoms with E-state index in [4.69, 9.17) is 4.74 Å². The number of rotatable bonds is 6. The Bertz CT molecular complexity index is 614. The van der Waals surface area contributed by atoms with Gasteiger partial charge in [0.1, 0.15) is 0 Å². The molecule has 1 N–H and O–H groups in total. The second kappa shape index (κ2) is 7.86. The van der Waals surface area contributed by atoms with Crippen LogP contribution in [0, 0.1) is 0 Å². The largest absolute Gasteiger partial charge is 0.376 e. The summed E-state index contributed by atoms with van der Waals surface area (Å²) in [5.74, 6) is 1.76. The van der Waals surface area contributed by atoms with E-state index in [1.54, 1.807) is 7.11 Å². The molecule has 0 aromatic heterocycles. The first-order chi connectivity index (χ1) is 11.7. The quantitative estimate of drug-likeness (QED) is 0.874. The highest BCUT2D eigenvalue weighted by Gasteiger charge is 2.35. The van der Waals surface area contributed by atoms with E-state index in [1.807, 2.05) is 72.4 Å². The fourth-order valence-electron chi connectivity index (χ4n) is 3.10. The summed E-state index contributed by atoms with van der Waals surface area (Å²) < 4.78 is 5.70. The third kappa shape index (κ3) is 3.82. The molecule has 0 radical (unpaired) electrons. The molecule has 0 bridgehead atoms. The lowest BCUT2D eigenvalue weighted by atomic mass is 9.90. The number of nitrogens with one attached hydrogen (secondary N) is 1. The zero-order valence-electron chi connectivity index (χ0n) is 13.9. The molecule has 1 saturated heterocycles. The molecule has 1 aliphatic heterocycles. The van der Waals surface area contributed by atoms with Crippen molar-refractivity contribution in [2.45, 2.75) is 17.9 Å². The van der Waals surface area contributed by atoms with E-state index < -0.39 is 0 Å². The van der Waals surface area contributed by atoms with Gasteiger partial charge in [-0.3, -0.25) is 4.79 Å². The van der Waals surface area contributed by atoms with Gasteiger partial charge < -0.3 is 10.1 Å². The third-order valence-electron chi connectivity index (χ3n) is 4.61. The van der Waals surface area contributed by atoms with Gasteiger partial charge in [-0.15, -0.1) is 0 Å². The first-order valence-electron chi connectivity index (χ1n) is 8.25. The van der Waals surface area contributed by atoms with Crippen LogP contribution in [-0.4, -0.2) is 36.7 Å². The fraction of sp³-hybridized carbons (Fsp3) is 0.350. The highest BCUT2D eigenvalue weighted by Crippen LogP contribution is 2.31. The molecule has 1 amide bonds. The molecule has 0 aliphatic carbocycles. The minimum absolute atomic E-state index is 0.0284. The lowest BCUT2D eigenvalue weighted by Gasteiger charge is -2.28. The van der Waals surface area contributed by atoms with Gasteiger partial charge in [0.15, 0.2) is 0 Å². The predicted octanol–water partition coefficient (Wildman–Crippen LogP) is 3.46. The van der Waals surface area contributed by atoms with Crippen LogP contribution >= 0.6 is 11.8 Å². The number of carbonyl (C=O) groups is 1. The molecule has 0 unspecified atom stereocenters. The molecule has 4 heteroatoms. The first-order valence-corrected chi connectivity index (χ1v) is 9.40. The Kier molecular flexibility index (Phi) is 5.59. The first kappa shape index (κ1) is 17.1. The van der Waals surface area contributed by atoms with Crippen LogP contribution < -0.4 is 5.32 Å². The average Bonchev–Trinajstić information content (AvgIpc) is 3.12. The third-order valence-corrected chi connectivity index (χ3v) is 5.84. The molecule has 1 aliphatic rings. The van der Waals surface area contributed by atoms with E-state index in [2.05, 4.69) is 5.32 Å². The van der Waals surface area contributed by atoms with Gasteiger partial charge in [0, 0.05) is 19.4 Å². The van der Waals surface area contributed by atoms with E-state index in [1.165, 1.54) is 0 Å². The highest BCUT2D eigenvalue weighted by atomic mass is 32.2. The van der Waals surface area contributed by atoms with E-state index in [0.29, 0.717) is 6.54 Å². The minimum atomic E-state index is -0.296. The van der Waals surface area contributed by atoms with Gasteiger partial charge in [-0.1, -0.05) is 60.7 Å². The SMILES string of the molecule is CO[C@@]1(CNC(=O)C(c2ccccc2)c2ccccc2)CCSC1. The van der Waals surface area contributed by atoms with Crippen LogP contribution in [0.2, 0.25) is 0 Å². The van der Waals surface area contributed by atoms with Crippen LogP contribution in [0.5, 0.6) is 0 Å². The Morgan fingerprint density at radius 1 is 1.12 bits per heavy atom. The predicted molar refractivity (Wildman–Crippen MR) is 99.4 cm³/mol. The number of carbonyl (C=O) groups excluding carboxylic acids is 1. The van der Waals surface area contributed by atoms with E-state index in [0.717, 1.165) is 29.1 Å². The monoisotopic (exact) mass is 341 g/mol. The van der Waals surface area contributed by atoms with Crippen molar-refractivity contribution in [1.29, 1.82) is 0 Å². The van der Waals surface area contributed by atoms with Crippen molar-refractivity contribution in [3.63, 3.8) is 0 Å². The lowest BCUT2D eigenvalue weighted by molar-refractivity contribution is -0.123. The number of hydrogen-bond donors (Lipinski definition) is 1. The standard InChI is InChI=1S/C20H23NO2S/c1-23-20(12-13-24-15-20)14-21-19(22)18(16-8-4-2-5-9-16)17-10-6-3-7-11-17/h2-11,18H,12-15H2,1H3,(H,21,22)/t20-/m1/s1. The van der Waals surface area contributed by atoms with Gasteiger partial charge in [0.25, 0.3) is 0 Å². The molecule has 2 aromatic rings. The smallest absolute Gasteiger partial charge is 0.232 e. The van der Waals surface area contributed by atoms with Crippen molar-refractivity contribution in [1.82, 2.24) is 5.32 Å². The van der Waals surface area contributed by atoms with Crippen molar-refractivity contribution in [3.05, 3.63) is 71.8 Å². The maximum Gasteiger partial charge on any atom is 0.232 e. The number of amides is 1. The number of thioether (sulfide) groups is 1. The second-order valence-electron chi connectivity index (χ2n) is 6.16. The van der Waals surface area contributed by atoms with Crippen molar-refractivity contribution in [2.24, 2.45) is 0 Å². The van der Waals surface area contributed by atoms with Crippen molar-refractivity contribution >= 4 is 17.7 Å². The molecular formula is C20H23NO2S. The molecule has 24 heavy (non-hydrogen) atoms. The van der Waals surface area contributed by atoms with Crippen molar-refractivity contribution in [2.75, 3.05) is 25.2 Å². The number of methoxy groups -OCH3 is 1. The summed E-state index contributed by atoms with van der Waals surface area (Å²) in [7, 11) is 1.74. The summed E-state index contributed by atoms with van der Waals surface area (Å²) in [4.78, 5) is 13.0. The molecule has 0 saturated carbocycles. The van der Waals surface area contributed by atoms with Gasteiger partial charge in [-0.2, -0.15) is 11.8 Å². The molecule has 1 fully saturated rings. The van der Waals surface area contributed by atoms with Crippen LogP contribution in [0.15, 0.2) is 60.7 Å².